The zero-order chi connectivity index (χ0) is 13.9. The second kappa shape index (κ2) is 5.97. The fraction of sp³-hybridized carbons (Fsp3) is 0.733. The molecule has 4 heteroatoms. The highest BCUT2D eigenvalue weighted by atomic mass is 15.3. The summed E-state index contributed by atoms with van der Waals surface area (Å²) in [7, 11) is 0. The first kappa shape index (κ1) is 14.4. The van der Waals surface area contributed by atoms with Crippen LogP contribution in [0.25, 0.3) is 0 Å². The lowest BCUT2D eigenvalue weighted by atomic mass is 9.90. The zero-order valence-corrected chi connectivity index (χ0v) is 12.6. The number of piperazine rings is 1. The maximum atomic E-state index is 4.23. The van der Waals surface area contributed by atoms with Gasteiger partial charge in [0.25, 0.3) is 0 Å². The van der Waals surface area contributed by atoms with Crippen molar-refractivity contribution in [3.63, 3.8) is 0 Å². The summed E-state index contributed by atoms with van der Waals surface area (Å²) in [5.74, 6) is 0.644. The zero-order valence-electron chi connectivity index (χ0n) is 12.6. The summed E-state index contributed by atoms with van der Waals surface area (Å²) in [6, 6.07) is 4.60. The lowest BCUT2D eigenvalue weighted by molar-refractivity contribution is 0.0527. The van der Waals surface area contributed by atoms with Crippen LogP contribution in [-0.2, 0) is 6.54 Å². The first-order chi connectivity index (χ1) is 9.04. The molecule has 19 heavy (non-hydrogen) atoms. The van der Waals surface area contributed by atoms with Crippen molar-refractivity contribution in [3.8, 4) is 0 Å². The quantitative estimate of drug-likeness (QED) is 0.902. The van der Waals surface area contributed by atoms with E-state index in [0.717, 1.165) is 31.7 Å². The average Bonchev–Trinajstić information content (AvgIpc) is 2.40. The van der Waals surface area contributed by atoms with Gasteiger partial charge in [0.05, 0.1) is 5.69 Å². The number of hydrogen-bond acceptors (Lipinski definition) is 4. The molecule has 0 amide bonds. The first-order valence-electron chi connectivity index (χ1n) is 7.30. The molecule has 1 aromatic rings. The van der Waals surface area contributed by atoms with Gasteiger partial charge in [0.15, 0.2) is 0 Å². The largest absolute Gasteiger partial charge is 0.309 e. The minimum absolute atomic E-state index is 0.216. The molecule has 1 N–H and O–H groups in total. The number of nitrogens with one attached hydrogen (secondary N) is 1. The molecule has 1 fully saturated rings. The standard InChI is InChI=1S/C15H26N4/c1-5-15(4)11-19(14(9-16-15)12(2)3)10-13-7-6-8-17-18-13/h6-8,12,14,16H,5,9-11H2,1-4H3. The van der Waals surface area contributed by atoms with Crippen LogP contribution in [0.5, 0.6) is 0 Å². The molecule has 0 saturated carbocycles. The van der Waals surface area contributed by atoms with Crippen molar-refractivity contribution in [2.45, 2.75) is 52.2 Å². The minimum atomic E-state index is 0.216. The normalized spacial score (nSPS) is 28.8. The molecule has 0 aromatic carbocycles. The van der Waals surface area contributed by atoms with Crippen LogP contribution in [0.1, 0.15) is 39.8 Å². The van der Waals surface area contributed by atoms with Crippen molar-refractivity contribution in [2.24, 2.45) is 5.92 Å². The van der Waals surface area contributed by atoms with Crippen molar-refractivity contribution < 1.29 is 0 Å². The minimum Gasteiger partial charge on any atom is -0.309 e. The summed E-state index contributed by atoms with van der Waals surface area (Å²) >= 11 is 0. The van der Waals surface area contributed by atoms with Gasteiger partial charge in [-0.25, -0.2) is 0 Å². The summed E-state index contributed by atoms with van der Waals surface area (Å²) in [6.45, 7) is 12.2. The monoisotopic (exact) mass is 262 g/mol. The summed E-state index contributed by atoms with van der Waals surface area (Å²) in [5.41, 5.74) is 1.28. The first-order valence-corrected chi connectivity index (χ1v) is 7.30. The van der Waals surface area contributed by atoms with Gasteiger partial charge in [-0.2, -0.15) is 10.2 Å². The molecule has 2 unspecified atom stereocenters. The van der Waals surface area contributed by atoms with E-state index in [1.54, 1.807) is 6.20 Å². The van der Waals surface area contributed by atoms with Crippen molar-refractivity contribution in [2.75, 3.05) is 13.1 Å². The van der Waals surface area contributed by atoms with E-state index < -0.39 is 0 Å². The highest BCUT2D eigenvalue weighted by molar-refractivity contribution is 5.02. The van der Waals surface area contributed by atoms with E-state index in [0.29, 0.717) is 12.0 Å². The second-order valence-electron chi connectivity index (χ2n) is 6.23. The number of nitrogens with zero attached hydrogens (tertiary/aromatic N) is 3. The van der Waals surface area contributed by atoms with Crippen molar-refractivity contribution in [1.29, 1.82) is 0 Å². The van der Waals surface area contributed by atoms with Gasteiger partial charge in [0.2, 0.25) is 0 Å². The maximum absolute atomic E-state index is 4.23. The summed E-state index contributed by atoms with van der Waals surface area (Å²) in [6.07, 6.45) is 2.88. The molecule has 106 valence electrons. The maximum Gasteiger partial charge on any atom is 0.0771 e. The van der Waals surface area contributed by atoms with Gasteiger partial charge in [-0.3, -0.25) is 4.90 Å². The molecule has 2 rings (SSSR count). The van der Waals surface area contributed by atoms with Crippen LogP contribution in [0.3, 0.4) is 0 Å². The summed E-state index contributed by atoms with van der Waals surface area (Å²) < 4.78 is 0. The Morgan fingerprint density at radius 3 is 2.89 bits per heavy atom. The van der Waals surface area contributed by atoms with Gasteiger partial charge in [0.1, 0.15) is 0 Å². The van der Waals surface area contributed by atoms with Crippen LogP contribution < -0.4 is 5.32 Å². The summed E-state index contributed by atoms with van der Waals surface area (Å²) in [5, 5.41) is 11.9. The Bertz CT molecular complexity index is 392. The van der Waals surface area contributed by atoms with Gasteiger partial charge in [-0.1, -0.05) is 20.8 Å². The molecule has 1 aliphatic rings. The molecular weight excluding hydrogens is 236 g/mol. The lowest BCUT2D eigenvalue weighted by Crippen LogP contribution is -2.63. The van der Waals surface area contributed by atoms with E-state index in [-0.39, 0.29) is 5.54 Å². The van der Waals surface area contributed by atoms with Crippen molar-refractivity contribution >= 4 is 0 Å². The van der Waals surface area contributed by atoms with E-state index in [9.17, 15) is 0 Å². The van der Waals surface area contributed by atoms with E-state index in [1.165, 1.54) is 0 Å². The molecule has 0 radical (unpaired) electrons. The van der Waals surface area contributed by atoms with Gasteiger partial charge < -0.3 is 5.32 Å². The fourth-order valence-corrected chi connectivity index (χ4v) is 2.79. The predicted octanol–water partition coefficient (Wildman–Crippen LogP) is 2.08. The molecule has 0 aliphatic carbocycles. The Morgan fingerprint density at radius 1 is 1.53 bits per heavy atom. The molecular formula is C15H26N4. The Morgan fingerprint density at radius 2 is 2.32 bits per heavy atom. The highest BCUT2D eigenvalue weighted by Crippen LogP contribution is 2.24. The van der Waals surface area contributed by atoms with Crippen LogP contribution in [0.2, 0.25) is 0 Å². The molecule has 2 heterocycles. The molecule has 1 aliphatic heterocycles. The van der Waals surface area contributed by atoms with Crippen LogP contribution >= 0.6 is 0 Å². The third kappa shape index (κ3) is 3.51. The average molecular weight is 262 g/mol. The van der Waals surface area contributed by atoms with Gasteiger partial charge in [0, 0.05) is 37.4 Å². The SMILES string of the molecule is CCC1(C)CN(Cc2cccnn2)C(C(C)C)CN1. The predicted molar refractivity (Wildman–Crippen MR) is 77.8 cm³/mol. The fourth-order valence-electron chi connectivity index (χ4n) is 2.79. The van der Waals surface area contributed by atoms with E-state index in [1.807, 2.05) is 6.07 Å². The molecule has 0 bridgehead atoms. The Labute approximate surface area is 116 Å². The van der Waals surface area contributed by atoms with Crippen LogP contribution in [0.15, 0.2) is 18.3 Å². The molecule has 1 saturated heterocycles. The van der Waals surface area contributed by atoms with E-state index in [4.69, 9.17) is 0 Å². The summed E-state index contributed by atoms with van der Waals surface area (Å²) in [4.78, 5) is 2.56. The van der Waals surface area contributed by atoms with E-state index >= 15 is 0 Å². The molecule has 0 spiro atoms. The molecule has 4 nitrogen and oxygen atoms in total. The third-order valence-corrected chi connectivity index (χ3v) is 4.30. The number of hydrogen-bond donors (Lipinski definition) is 1. The van der Waals surface area contributed by atoms with Crippen molar-refractivity contribution in [1.82, 2.24) is 20.4 Å². The Kier molecular flexibility index (Phi) is 4.53. The second-order valence-corrected chi connectivity index (χ2v) is 6.23. The van der Waals surface area contributed by atoms with E-state index in [2.05, 4.69) is 54.2 Å². The number of aromatic nitrogens is 2. The molecule has 1 aromatic heterocycles. The molecule has 2 atom stereocenters. The van der Waals surface area contributed by atoms with Gasteiger partial charge in [-0.15, -0.1) is 0 Å². The van der Waals surface area contributed by atoms with Gasteiger partial charge in [-0.05, 0) is 31.4 Å². The lowest BCUT2D eigenvalue weighted by Gasteiger charge is -2.47. The van der Waals surface area contributed by atoms with Crippen LogP contribution in [0, 0.1) is 5.92 Å². The highest BCUT2D eigenvalue weighted by Gasteiger charge is 2.35. The van der Waals surface area contributed by atoms with Crippen LogP contribution in [0.4, 0.5) is 0 Å². The number of rotatable bonds is 4. The smallest absolute Gasteiger partial charge is 0.0771 e. The topological polar surface area (TPSA) is 41.1 Å². The van der Waals surface area contributed by atoms with Crippen molar-refractivity contribution in [3.05, 3.63) is 24.0 Å². The van der Waals surface area contributed by atoms with Gasteiger partial charge >= 0.3 is 0 Å². The Hall–Kier alpha value is -1.00. The van der Waals surface area contributed by atoms with Crippen LogP contribution in [-0.4, -0.2) is 39.8 Å². The Balaban J connectivity index is 2.12. The third-order valence-electron chi connectivity index (χ3n) is 4.30.